The monoisotopic (exact) mass is 360 g/mol. The highest BCUT2D eigenvalue weighted by Crippen LogP contribution is 2.52. The highest BCUT2D eigenvalue weighted by atomic mass is 19.1. The summed E-state index contributed by atoms with van der Waals surface area (Å²) in [5.74, 6) is 2.52. The molecule has 0 aliphatic heterocycles. The zero-order valence-corrected chi connectivity index (χ0v) is 15.1. The number of fused-ring (bicyclic) bond motifs is 1. The molecule has 0 saturated heterocycles. The van der Waals surface area contributed by atoms with Crippen LogP contribution in [0.15, 0.2) is 20.1 Å². The van der Waals surface area contributed by atoms with Crippen LogP contribution < -0.4 is 11.2 Å². The number of halogens is 1. The predicted molar refractivity (Wildman–Crippen MR) is 96.9 cm³/mol. The van der Waals surface area contributed by atoms with Gasteiger partial charge in [-0.05, 0) is 55.9 Å². The number of hydrogen-bond donors (Lipinski definition) is 1. The summed E-state index contributed by atoms with van der Waals surface area (Å²) in [6.45, 7) is 1.28. The van der Waals surface area contributed by atoms with Gasteiger partial charge < -0.3 is 9.40 Å². The molecule has 1 N–H and O–H groups in total. The molecule has 3 atom stereocenters. The SMILES string of the molecule is CC(F)c1nc2oc(=O)cc(CCCC3CC3C3CCCC3)c2c(=O)[nH]1. The molecule has 26 heavy (non-hydrogen) atoms. The van der Waals surface area contributed by atoms with E-state index in [0.29, 0.717) is 12.0 Å². The van der Waals surface area contributed by atoms with E-state index in [-0.39, 0.29) is 16.9 Å². The van der Waals surface area contributed by atoms with Gasteiger partial charge in [0.15, 0.2) is 6.17 Å². The minimum atomic E-state index is -1.43. The summed E-state index contributed by atoms with van der Waals surface area (Å²) in [6, 6.07) is 1.37. The first-order chi connectivity index (χ1) is 12.5. The first-order valence-corrected chi connectivity index (χ1v) is 9.74. The molecule has 2 saturated carbocycles. The van der Waals surface area contributed by atoms with Crippen LogP contribution in [0.2, 0.25) is 0 Å². The van der Waals surface area contributed by atoms with E-state index in [1.165, 1.54) is 45.1 Å². The van der Waals surface area contributed by atoms with E-state index in [0.717, 1.165) is 30.6 Å². The van der Waals surface area contributed by atoms with Crippen molar-refractivity contribution in [1.82, 2.24) is 9.97 Å². The molecule has 5 nitrogen and oxygen atoms in total. The minimum Gasteiger partial charge on any atom is -0.403 e. The first kappa shape index (κ1) is 17.4. The summed E-state index contributed by atoms with van der Waals surface area (Å²) in [5.41, 5.74) is -0.394. The van der Waals surface area contributed by atoms with Crippen LogP contribution in [0.5, 0.6) is 0 Å². The van der Waals surface area contributed by atoms with Crippen LogP contribution in [0.4, 0.5) is 4.39 Å². The summed E-state index contributed by atoms with van der Waals surface area (Å²) in [7, 11) is 0. The molecule has 2 aliphatic rings. The molecule has 4 rings (SSSR count). The minimum absolute atomic E-state index is 0.0639. The Morgan fingerprint density at radius 3 is 2.85 bits per heavy atom. The van der Waals surface area contributed by atoms with Gasteiger partial charge in [-0.2, -0.15) is 4.98 Å². The van der Waals surface area contributed by atoms with Gasteiger partial charge >= 0.3 is 5.63 Å². The summed E-state index contributed by atoms with van der Waals surface area (Å²) in [5, 5.41) is 0.275. The van der Waals surface area contributed by atoms with Gasteiger partial charge in [-0.3, -0.25) is 4.79 Å². The maximum atomic E-state index is 13.5. The largest absolute Gasteiger partial charge is 0.403 e. The number of nitrogens with zero attached hydrogens (tertiary/aromatic N) is 1. The third-order valence-electron chi connectivity index (χ3n) is 6.10. The highest BCUT2D eigenvalue weighted by Gasteiger charge is 2.42. The predicted octanol–water partition coefficient (Wildman–Crippen LogP) is 4.06. The molecule has 2 aromatic rings. The van der Waals surface area contributed by atoms with Gasteiger partial charge in [0.2, 0.25) is 5.71 Å². The normalized spacial score (nSPS) is 24.2. The lowest BCUT2D eigenvalue weighted by atomic mass is 9.98. The van der Waals surface area contributed by atoms with Crippen molar-refractivity contribution >= 4 is 11.1 Å². The molecule has 2 aromatic heterocycles. The summed E-state index contributed by atoms with van der Waals surface area (Å²) in [6.07, 6.45) is 8.17. The van der Waals surface area contributed by atoms with E-state index in [1.54, 1.807) is 0 Å². The molecule has 2 aliphatic carbocycles. The maximum absolute atomic E-state index is 13.5. The molecular weight excluding hydrogens is 335 g/mol. The molecule has 0 radical (unpaired) electrons. The third-order valence-corrected chi connectivity index (χ3v) is 6.10. The molecule has 6 heteroatoms. The fourth-order valence-electron chi connectivity index (χ4n) is 4.67. The van der Waals surface area contributed by atoms with Gasteiger partial charge in [0.25, 0.3) is 5.56 Å². The number of aromatic amines is 1. The average molecular weight is 360 g/mol. The second kappa shape index (κ2) is 6.97. The van der Waals surface area contributed by atoms with Gasteiger partial charge in [0, 0.05) is 6.07 Å². The van der Waals surface area contributed by atoms with E-state index < -0.39 is 17.4 Å². The van der Waals surface area contributed by atoms with Gasteiger partial charge in [-0.25, -0.2) is 9.18 Å². The Labute approximate surface area is 151 Å². The second-order valence-corrected chi connectivity index (χ2v) is 7.93. The van der Waals surface area contributed by atoms with Crippen molar-refractivity contribution in [3.05, 3.63) is 38.2 Å². The average Bonchev–Trinajstić information content (AvgIpc) is 3.14. The zero-order chi connectivity index (χ0) is 18.3. The Bertz CT molecular complexity index is 911. The number of alkyl halides is 1. The van der Waals surface area contributed by atoms with Gasteiger partial charge in [0.05, 0.1) is 0 Å². The molecule has 3 unspecified atom stereocenters. The number of hydrogen-bond acceptors (Lipinski definition) is 4. The summed E-state index contributed by atoms with van der Waals surface area (Å²) < 4.78 is 18.5. The quantitative estimate of drug-likeness (QED) is 0.843. The zero-order valence-electron chi connectivity index (χ0n) is 15.1. The third kappa shape index (κ3) is 3.46. The highest BCUT2D eigenvalue weighted by molar-refractivity contribution is 5.75. The Hall–Kier alpha value is -1.98. The molecular formula is C20H25FN2O3. The van der Waals surface area contributed by atoms with E-state index >= 15 is 0 Å². The van der Waals surface area contributed by atoms with E-state index in [9.17, 15) is 14.0 Å². The van der Waals surface area contributed by atoms with E-state index in [1.807, 2.05) is 0 Å². The Morgan fingerprint density at radius 1 is 1.35 bits per heavy atom. The number of rotatable bonds is 6. The molecule has 140 valence electrons. The van der Waals surface area contributed by atoms with Crippen molar-refractivity contribution in [2.75, 3.05) is 0 Å². The van der Waals surface area contributed by atoms with Crippen LogP contribution in [0.1, 0.15) is 69.4 Å². The van der Waals surface area contributed by atoms with Crippen LogP contribution in [-0.4, -0.2) is 9.97 Å². The smallest absolute Gasteiger partial charge is 0.337 e. The number of aromatic nitrogens is 2. The molecule has 2 fully saturated rings. The summed E-state index contributed by atoms with van der Waals surface area (Å²) >= 11 is 0. The Morgan fingerprint density at radius 2 is 2.12 bits per heavy atom. The van der Waals surface area contributed by atoms with Crippen molar-refractivity contribution in [3.63, 3.8) is 0 Å². The van der Waals surface area contributed by atoms with Crippen LogP contribution in [0.25, 0.3) is 11.1 Å². The van der Waals surface area contributed by atoms with Crippen LogP contribution >= 0.6 is 0 Å². The van der Waals surface area contributed by atoms with Crippen molar-refractivity contribution in [3.8, 4) is 0 Å². The van der Waals surface area contributed by atoms with Gasteiger partial charge in [-0.1, -0.05) is 25.7 Å². The number of aryl methyl sites for hydroxylation is 1. The first-order valence-electron chi connectivity index (χ1n) is 9.74. The van der Waals surface area contributed by atoms with Crippen molar-refractivity contribution in [2.45, 2.75) is 64.5 Å². The molecule has 0 spiro atoms. The fraction of sp³-hybridized carbons (Fsp3) is 0.650. The fourth-order valence-corrected chi connectivity index (χ4v) is 4.67. The van der Waals surface area contributed by atoms with Gasteiger partial charge in [0.1, 0.15) is 11.2 Å². The van der Waals surface area contributed by atoms with Crippen molar-refractivity contribution in [2.24, 2.45) is 17.8 Å². The Kier molecular flexibility index (Phi) is 4.67. The van der Waals surface area contributed by atoms with Crippen molar-refractivity contribution < 1.29 is 8.81 Å². The maximum Gasteiger partial charge on any atom is 0.337 e. The lowest BCUT2D eigenvalue weighted by Gasteiger charge is -2.08. The number of nitrogens with one attached hydrogen (secondary N) is 1. The molecule has 0 bridgehead atoms. The molecule has 0 amide bonds. The topological polar surface area (TPSA) is 76.0 Å². The standard InChI is InChI=1S/C20H25FN2O3/c1-11(21)18-22-19(25)17-14(10-16(24)26-20(17)23-18)8-4-7-13-9-15(13)12-5-2-3-6-12/h10-13,15H,2-9H2,1H3,(H,22,23,25). The van der Waals surface area contributed by atoms with Crippen LogP contribution in [-0.2, 0) is 6.42 Å². The lowest BCUT2D eigenvalue weighted by Crippen LogP contribution is -2.16. The van der Waals surface area contributed by atoms with Gasteiger partial charge in [-0.15, -0.1) is 0 Å². The summed E-state index contributed by atoms with van der Waals surface area (Å²) in [4.78, 5) is 30.6. The number of H-pyrrole nitrogens is 1. The Balaban J connectivity index is 1.48. The molecule has 2 heterocycles. The second-order valence-electron chi connectivity index (χ2n) is 7.93. The van der Waals surface area contributed by atoms with Crippen LogP contribution in [0.3, 0.4) is 0 Å². The van der Waals surface area contributed by atoms with Crippen LogP contribution in [0, 0.1) is 17.8 Å². The van der Waals surface area contributed by atoms with E-state index in [4.69, 9.17) is 4.42 Å². The van der Waals surface area contributed by atoms with Crippen molar-refractivity contribution in [1.29, 1.82) is 0 Å². The van der Waals surface area contributed by atoms with E-state index in [2.05, 4.69) is 9.97 Å². The molecule has 0 aromatic carbocycles. The lowest BCUT2D eigenvalue weighted by molar-refractivity contribution is 0.355.